The van der Waals surface area contributed by atoms with Crippen LogP contribution in [0.25, 0.3) is 0 Å². The van der Waals surface area contributed by atoms with Gasteiger partial charge in [-0.15, -0.1) is 11.8 Å². The van der Waals surface area contributed by atoms with E-state index in [-0.39, 0.29) is 35.1 Å². The van der Waals surface area contributed by atoms with Gasteiger partial charge < -0.3 is 19.6 Å². The molecular weight excluding hydrogens is 476 g/mol. The summed E-state index contributed by atoms with van der Waals surface area (Å²) < 4.78 is 4.76. The molecule has 2 fully saturated rings. The number of ether oxygens (including phenoxy) is 1. The first-order chi connectivity index (χ1) is 16.8. The highest BCUT2D eigenvalue weighted by Crippen LogP contribution is 2.61. The number of aliphatic hydroxyl groups is 1. The van der Waals surface area contributed by atoms with E-state index in [0.717, 1.165) is 25.7 Å². The molecule has 1 unspecified atom stereocenters. The first kappa shape index (κ1) is 27.2. The number of carbonyl (C=O) groups is 3. The van der Waals surface area contributed by atoms with Crippen LogP contribution in [-0.2, 0) is 19.1 Å². The van der Waals surface area contributed by atoms with Crippen LogP contribution >= 0.6 is 11.8 Å². The number of esters is 1. The van der Waals surface area contributed by atoms with Crippen LogP contribution in [0.4, 0.5) is 0 Å². The maximum absolute atomic E-state index is 14.5. The number of fused-ring (bicyclic) bond motifs is 2. The van der Waals surface area contributed by atoms with Crippen LogP contribution in [0.3, 0.4) is 0 Å². The Kier molecular flexibility index (Phi) is 7.43. The lowest BCUT2D eigenvalue weighted by Gasteiger charge is -2.45. The van der Waals surface area contributed by atoms with Crippen LogP contribution in [0.15, 0.2) is 24.3 Å². The maximum Gasteiger partial charge on any atom is 0.311 e. The summed E-state index contributed by atoms with van der Waals surface area (Å²) in [7, 11) is 0. The lowest BCUT2D eigenvalue weighted by Crippen LogP contribution is -2.60. The number of rotatable bonds is 4. The number of carbonyl (C=O) groups excluding carboxylic acids is 3. The Bertz CT molecular complexity index is 954. The van der Waals surface area contributed by atoms with E-state index >= 15 is 0 Å². The summed E-state index contributed by atoms with van der Waals surface area (Å²) in [5, 5.41) is 9.84. The smallest absolute Gasteiger partial charge is 0.311 e. The third kappa shape index (κ3) is 4.64. The maximum atomic E-state index is 14.5. The van der Waals surface area contributed by atoms with Crippen molar-refractivity contribution in [2.24, 2.45) is 17.3 Å². The van der Waals surface area contributed by atoms with Gasteiger partial charge in [-0.25, -0.2) is 0 Å². The number of hydrogen-bond donors (Lipinski definition) is 1. The molecule has 4 aliphatic heterocycles. The molecule has 0 saturated carbocycles. The molecule has 36 heavy (non-hydrogen) atoms. The minimum absolute atomic E-state index is 0.00269. The molecule has 0 aromatic heterocycles. The first-order valence-corrected chi connectivity index (χ1v) is 14.2. The van der Waals surface area contributed by atoms with Crippen molar-refractivity contribution < 1.29 is 24.2 Å². The van der Waals surface area contributed by atoms with Gasteiger partial charge in [-0.2, -0.15) is 0 Å². The second-order valence-corrected chi connectivity index (χ2v) is 14.1. The molecule has 4 rings (SSSR count). The molecule has 0 aromatic rings. The van der Waals surface area contributed by atoms with Gasteiger partial charge in [-0.1, -0.05) is 45.1 Å². The van der Waals surface area contributed by atoms with Gasteiger partial charge in [-0.05, 0) is 51.9 Å². The number of hydrogen-bond acceptors (Lipinski definition) is 6. The molecule has 2 saturated heterocycles. The number of allylic oxidation sites excluding steroid dienone is 1. The predicted octanol–water partition coefficient (Wildman–Crippen LogP) is 3.56. The fourth-order valence-corrected chi connectivity index (χ4v) is 8.84. The number of thioether (sulfide) groups is 1. The molecule has 8 heteroatoms. The highest BCUT2D eigenvalue weighted by Gasteiger charge is 2.71. The topological polar surface area (TPSA) is 87.2 Å². The van der Waals surface area contributed by atoms with E-state index < -0.39 is 34.2 Å². The fourth-order valence-electron chi connectivity index (χ4n) is 6.86. The highest BCUT2D eigenvalue weighted by atomic mass is 32.2. The van der Waals surface area contributed by atoms with Gasteiger partial charge in [0.05, 0.1) is 35.8 Å². The van der Waals surface area contributed by atoms with Gasteiger partial charge in [0.2, 0.25) is 11.8 Å². The average Bonchev–Trinajstić information content (AvgIpc) is 3.16. The summed E-state index contributed by atoms with van der Waals surface area (Å²) in [6, 6.07) is -1.34. The number of aliphatic hydroxyl groups excluding tert-OH is 1. The molecule has 4 heterocycles. The molecular formula is C28H42N2O5S. The lowest BCUT2D eigenvalue weighted by molar-refractivity contribution is -0.154. The van der Waals surface area contributed by atoms with Gasteiger partial charge in [0.25, 0.3) is 0 Å². The summed E-state index contributed by atoms with van der Waals surface area (Å²) >= 11 is 1.55. The molecule has 0 radical (unpaired) electrons. The molecule has 4 aliphatic rings. The van der Waals surface area contributed by atoms with E-state index in [1.54, 1.807) is 23.6 Å². The third-order valence-electron chi connectivity index (χ3n) is 7.97. The van der Waals surface area contributed by atoms with Crippen LogP contribution in [-0.4, -0.2) is 80.1 Å². The Labute approximate surface area is 219 Å². The quantitative estimate of drug-likeness (QED) is 0.452. The zero-order valence-electron chi connectivity index (χ0n) is 22.5. The normalized spacial score (nSPS) is 35.0. The van der Waals surface area contributed by atoms with Crippen molar-refractivity contribution in [1.29, 1.82) is 0 Å². The van der Waals surface area contributed by atoms with E-state index in [2.05, 4.69) is 40.7 Å². The highest BCUT2D eigenvalue weighted by molar-refractivity contribution is 8.02. The summed E-state index contributed by atoms with van der Waals surface area (Å²) in [5.74, 6) is -2.09. The van der Waals surface area contributed by atoms with E-state index in [4.69, 9.17) is 4.74 Å². The van der Waals surface area contributed by atoms with Crippen LogP contribution < -0.4 is 0 Å². The summed E-state index contributed by atoms with van der Waals surface area (Å²) in [6.45, 7) is 13.0. The zero-order valence-corrected chi connectivity index (χ0v) is 23.3. The minimum Gasteiger partial charge on any atom is -0.465 e. The second kappa shape index (κ2) is 9.82. The van der Waals surface area contributed by atoms with Crippen LogP contribution in [0.1, 0.15) is 67.2 Å². The second-order valence-electron chi connectivity index (χ2n) is 12.6. The zero-order chi connectivity index (χ0) is 26.5. The molecule has 0 bridgehead atoms. The summed E-state index contributed by atoms with van der Waals surface area (Å²) in [5.41, 5.74) is -0.442. The van der Waals surface area contributed by atoms with Crippen molar-refractivity contribution in [1.82, 2.24) is 9.80 Å². The molecule has 1 N–H and O–H groups in total. The molecule has 2 amide bonds. The van der Waals surface area contributed by atoms with Gasteiger partial charge in [0, 0.05) is 17.3 Å². The Morgan fingerprint density at radius 2 is 1.86 bits per heavy atom. The fraction of sp³-hybridized carbons (Fsp3) is 0.750. The van der Waals surface area contributed by atoms with Crippen LogP contribution in [0.5, 0.6) is 0 Å². The minimum atomic E-state index is -0.892. The molecule has 0 aliphatic carbocycles. The lowest BCUT2D eigenvalue weighted by atomic mass is 9.78. The van der Waals surface area contributed by atoms with Gasteiger partial charge in [0.15, 0.2) is 0 Å². The van der Waals surface area contributed by atoms with Crippen molar-refractivity contribution >= 4 is 29.5 Å². The van der Waals surface area contributed by atoms with Crippen molar-refractivity contribution in [2.75, 3.05) is 19.8 Å². The van der Waals surface area contributed by atoms with E-state index in [9.17, 15) is 19.5 Å². The van der Waals surface area contributed by atoms with Gasteiger partial charge in [-0.3, -0.25) is 14.4 Å². The van der Waals surface area contributed by atoms with Crippen molar-refractivity contribution in [3.05, 3.63) is 24.3 Å². The standard InChI is InChI=1S/C28H42N2O5S/c1-18(16-31)30-22-24(33)29(27(5,6)17-26(2,3)4)14-11-13-28(22)21(23(30)32)20-19(36-28)12-9-7-8-10-15-35-25(20)34/h9,11-13,18-22,31H,7-8,10,14-17H2,1-6H3/b12-9-/t18-,19-,20+,21+,22?,28+/m1/s1. The van der Waals surface area contributed by atoms with Gasteiger partial charge >= 0.3 is 5.97 Å². The molecule has 6 atom stereocenters. The van der Waals surface area contributed by atoms with Crippen LogP contribution in [0.2, 0.25) is 0 Å². The summed E-state index contributed by atoms with van der Waals surface area (Å²) in [6.07, 6.45) is 11.6. The monoisotopic (exact) mass is 518 g/mol. The van der Waals surface area contributed by atoms with Crippen molar-refractivity contribution in [2.45, 2.75) is 94.8 Å². The number of nitrogens with zero attached hydrogens (tertiary/aromatic N) is 2. The molecule has 0 aromatic carbocycles. The number of cyclic esters (lactones) is 1. The Balaban J connectivity index is 1.82. The number of amides is 2. The average molecular weight is 519 g/mol. The Morgan fingerprint density at radius 3 is 2.53 bits per heavy atom. The molecule has 1 spiro atoms. The van der Waals surface area contributed by atoms with Crippen LogP contribution in [0, 0.1) is 17.3 Å². The Morgan fingerprint density at radius 1 is 1.14 bits per heavy atom. The summed E-state index contributed by atoms with van der Waals surface area (Å²) in [4.78, 5) is 45.4. The molecule has 7 nitrogen and oxygen atoms in total. The van der Waals surface area contributed by atoms with E-state index in [1.807, 2.05) is 23.1 Å². The number of likely N-dealkylation sites (tertiary alicyclic amines) is 1. The van der Waals surface area contributed by atoms with Crippen molar-refractivity contribution in [3.63, 3.8) is 0 Å². The largest absolute Gasteiger partial charge is 0.465 e. The predicted molar refractivity (Wildman–Crippen MR) is 141 cm³/mol. The third-order valence-corrected chi connectivity index (χ3v) is 9.72. The van der Waals surface area contributed by atoms with Gasteiger partial charge in [0.1, 0.15) is 6.04 Å². The Hall–Kier alpha value is -1.80. The van der Waals surface area contributed by atoms with E-state index in [0.29, 0.717) is 13.2 Å². The molecule has 200 valence electrons. The SMILES string of the molecule is C[C@H](CO)N1C(=O)[C@@H]2[C@H]3C(=O)OCCCC/C=C\[C@H]3S[C@@]23C=CCN(C(C)(C)CC(C)(C)C)C(=O)C13. The van der Waals surface area contributed by atoms with Crippen molar-refractivity contribution in [3.8, 4) is 0 Å². The first-order valence-electron chi connectivity index (χ1n) is 13.3. The van der Waals surface area contributed by atoms with E-state index in [1.165, 1.54) is 0 Å².